The normalized spacial score (nSPS) is 13.3. The van der Waals surface area contributed by atoms with Gasteiger partial charge in [0.2, 0.25) is 0 Å². The third kappa shape index (κ3) is 4.56. The smallest absolute Gasteiger partial charge is 0.341 e. The van der Waals surface area contributed by atoms with Crippen LogP contribution in [0.1, 0.15) is 27.9 Å². The van der Waals surface area contributed by atoms with Gasteiger partial charge in [0.15, 0.2) is 0 Å². The van der Waals surface area contributed by atoms with E-state index >= 15 is 0 Å². The molecule has 0 spiro atoms. The maximum atomic E-state index is 12.1. The van der Waals surface area contributed by atoms with Crippen molar-refractivity contribution in [2.45, 2.75) is 19.4 Å². The van der Waals surface area contributed by atoms with Crippen molar-refractivity contribution in [3.63, 3.8) is 0 Å². The molecule has 1 heterocycles. The zero-order chi connectivity index (χ0) is 21.0. The van der Waals surface area contributed by atoms with Gasteiger partial charge >= 0.3 is 5.97 Å². The van der Waals surface area contributed by atoms with E-state index in [1.807, 2.05) is 24.3 Å². The minimum Gasteiger partial charge on any atom is -0.507 e. The number of phenolic OH excluding ortho intramolecular Hbond substituents is 2. The molecule has 0 amide bonds. The average Bonchev–Trinajstić information content (AvgIpc) is 3.16. The molecular formula is C21H23ClN2O5. The van der Waals surface area contributed by atoms with Gasteiger partial charge in [-0.05, 0) is 29.7 Å². The number of phenols is 2. The zero-order valence-electron chi connectivity index (χ0n) is 16.3. The molecule has 8 heteroatoms. The molecule has 3 rings (SSSR count). The number of esters is 1. The van der Waals surface area contributed by atoms with Gasteiger partial charge < -0.3 is 24.6 Å². The first-order valence-electron chi connectivity index (χ1n) is 9.17. The van der Waals surface area contributed by atoms with Crippen LogP contribution >= 0.6 is 11.6 Å². The number of aliphatic imine (C=N–C) groups is 1. The number of benzene rings is 2. The van der Waals surface area contributed by atoms with Gasteiger partial charge in [-0.1, -0.05) is 23.7 Å². The summed E-state index contributed by atoms with van der Waals surface area (Å²) in [6.07, 6.45) is 0.825. The number of nitrogens with zero attached hydrogens (tertiary/aromatic N) is 2. The number of halogens is 1. The van der Waals surface area contributed by atoms with E-state index in [1.165, 1.54) is 7.11 Å². The number of carbonyl (C=O) groups excluding carboxylic acids is 1. The first kappa shape index (κ1) is 20.8. The highest BCUT2D eigenvalue weighted by atomic mass is 35.5. The van der Waals surface area contributed by atoms with Gasteiger partial charge in [-0.2, -0.15) is 0 Å². The van der Waals surface area contributed by atoms with E-state index in [9.17, 15) is 15.0 Å². The second-order valence-electron chi connectivity index (χ2n) is 6.64. The van der Waals surface area contributed by atoms with Crippen molar-refractivity contribution in [3.05, 3.63) is 52.0 Å². The average molecular weight is 419 g/mol. The lowest BCUT2D eigenvalue weighted by atomic mass is 10.0. The quantitative estimate of drug-likeness (QED) is 0.669. The van der Waals surface area contributed by atoms with Gasteiger partial charge in [0, 0.05) is 25.6 Å². The van der Waals surface area contributed by atoms with Gasteiger partial charge in [-0.25, -0.2) is 4.79 Å². The lowest BCUT2D eigenvalue weighted by Gasteiger charge is -2.21. The second kappa shape index (κ2) is 9.05. The fourth-order valence-electron chi connectivity index (χ4n) is 3.37. The Morgan fingerprint density at radius 1 is 1.17 bits per heavy atom. The number of rotatable bonds is 7. The maximum Gasteiger partial charge on any atom is 0.341 e. The monoisotopic (exact) mass is 418 g/mol. The summed E-state index contributed by atoms with van der Waals surface area (Å²) in [5.74, 6) is 0.337. The third-order valence-electron chi connectivity index (χ3n) is 4.87. The number of hydrogen-bond donors (Lipinski definition) is 2. The topological polar surface area (TPSA) is 91.6 Å². The summed E-state index contributed by atoms with van der Waals surface area (Å²) in [5.41, 5.74) is 1.44. The van der Waals surface area contributed by atoms with E-state index in [-0.39, 0.29) is 22.1 Å². The predicted octanol–water partition coefficient (Wildman–Crippen LogP) is 3.39. The summed E-state index contributed by atoms with van der Waals surface area (Å²) in [4.78, 5) is 18.8. The SMILES string of the molecule is COC(=O)c1c(O)cc(O)c(Cl)c1CCC1=NCCN1Cc1ccc(OC)cc1. The van der Waals surface area contributed by atoms with E-state index in [4.69, 9.17) is 21.1 Å². The summed E-state index contributed by atoms with van der Waals surface area (Å²) in [5, 5.41) is 20.1. The van der Waals surface area contributed by atoms with Crippen molar-refractivity contribution in [2.24, 2.45) is 4.99 Å². The summed E-state index contributed by atoms with van der Waals surface area (Å²) in [6, 6.07) is 8.89. The van der Waals surface area contributed by atoms with Crippen LogP contribution in [0.15, 0.2) is 35.3 Å². The van der Waals surface area contributed by atoms with E-state index < -0.39 is 5.97 Å². The molecule has 29 heavy (non-hydrogen) atoms. The highest BCUT2D eigenvalue weighted by Gasteiger charge is 2.24. The van der Waals surface area contributed by atoms with Crippen LogP contribution in [-0.2, 0) is 17.7 Å². The largest absolute Gasteiger partial charge is 0.507 e. The van der Waals surface area contributed by atoms with Crippen LogP contribution in [0.5, 0.6) is 17.2 Å². The Labute approximate surface area is 174 Å². The van der Waals surface area contributed by atoms with Crippen LogP contribution in [0.3, 0.4) is 0 Å². The molecule has 2 aromatic rings. The van der Waals surface area contributed by atoms with Crippen LogP contribution in [0.4, 0.5) is 0 Å². The van der Waals surface area contributed by atoms with Crippen molar-refractivity contribution >= 4 is 23.4 Å². The molecule has 0 bridgehead atoms. The molecule has 0 aliphatic carbocycles. The molecule has 0 atom stereocenters. The van der Waals surface area contributed by atoms with Crippen LogP contribution in [0.2, 0.25) is 5.02 Å². The Balaban J connectivity index is 1.75. The molecule has 0 radical (unpaired) electrons. The van der Waals surface area contributed by atoms with Crippen LogP contribution in [-0.4, -0.2) is 54.2 Å². The Kier molecular flexibility index (Phi) is 6.49. The molecular weight excluding hydrogens is 396 g/mol. The fraction of sp³-hybridized carbons (Fsp3) is 0.333. The first-order valence-corrected chi connectivity index (χ1v) is 9.55. The highest BCUT2D eigenvalue weighted by Crippen LogP contribution is 2.37. The number of carbonyl (C=O) groups is 1. The summed E-state index contributed by atoms with van der Waals surface area (Å²) in [7, 11) is 2.86. The van der Waals surface area contributed by atoms with E-state index in [0.717, 1.165) is 29.8 Å². The molecule has 2 aromatic carbocycles. The number of ether oxygens (including phenoxy) is 2. The molecule has 1 aliphatic heterocycles. The van der Waals surface area contributed by atoms with Crippen molar-refractivity contribution in [2.75, 3.05) is 27.3 Å². The number of methoxy groups -OCH3 is 2. The molecule has 7 nitrogen and oxygen atoms in total. The van der Waals surface area contributed by atoms with Gasteiger partial charge in [0.05, 0.1) is 31.6 Å². The lowest BCUT2D eigenvalue weighted by Crippen LogP contribution is -2.27. The van der Waals surface area contributed by atoms with Gasteiger partial charge in [-0.15, -0.1) is 0 Å². The summed E-state index contributed by atoms with van der Waals surface area (Å²) >= 11 is 6.22. The summed E-state index contributed by atoms with van der Waals surface area (Å²) < 4.78 is 9.94. The Morgan fingerprint density at radius 2 is 1.90 bits per heavy atom. The highest BCUT2D eigenvalue weighted by molar-refractivity contribution is 6.33. The van der Waals surface area contributed by atoms with E-state index in [0.29, 0.717) is 31.5 Å². The van der Waals surface area contributed by atoms with Crippen LogP contribution in [0.25, 0.3) is 0 Å². The van der Waals surface area contributed by atoms with Crippen molar-refractivity contribution < 1.29 is 24.5 Å². The summed E-state index contributed by atoms with van der Waals surface area (Å²) in [6.45, 7) is 2.18. The van der Waals surface area contributed by atoms with Gasteiger partial charge in [0.1, 0.15) is 22.8 Å². The van der Waals surface area contributed by atoms with Gasteiger partial charge in [0.25, 0.3) is 0 Å². The van der Waals surface area contributed by atoms with Gasteiger partial charge in [-0.3, -0.25) is 4.99 Å². The number of aromatic hydroxyl groups is 2. The minimum atomic E-state index is -0.706. The number of amidine groups is 1. The Morgan fingerprint density at radius 3 is 2.55 bits per heavy atom. The molecule has 1 aliphatic rings. The molecule has 2 N–H and O–H groups in total. The molecule has 0 saturated carbocycles. The maximum absolute atomic E-state index is 12.1. The molecule has 0 aromatic heterocycles. The zero-order valence-corrected chi connectivity index (χ0v) is 17.1. The minimum absolute atomic E-state index is 0.0310. The predicted molar refractivity (Wildman–Crippen MR) is 110 cm³/mol. The Bertz CT molecular complexity index is 928. The van der Waals surface area contributed by atoms with Crippen molar-refractivity contribution in [3.8, 4) is 17.2 Å². The standard InChI is InChI=1S/C21H23ClN2O5/c1-28-14-5-3-13(4-6-14)12-24-10-9-23-18(24)8-7-15-19(21(27)29-2)16(25)11-17(26)20(15)22/h3-6,11,25-26H,7-10,12H2,1-2H3. The number of hydrogen-bond acceptors (Lipinski definition) is 7. The van der Waals surface area contributed by atoms with Crippen molar-refractivity contribution in [1.29, 1.82) is 0 Å². The van der Waals surface area contributed by atoms with E-state index in [2.05, 4.69) is 9.89 Å². The molecule has 0 unspecified atom stereocenters. The van der Waals surface area contributed by atoms with Crippen LogP contribution in [0, 0.1) is 0 Å². The second-order valence-corrected chi connectivity index (χ2v) is 7.02. The molecule has 0 fully saturated rings. The Hall–Kier alpha value is -2.93. The van der Waals surface area contributed by atoms with Crippen molar-refractivity contribution in [1.82, 2.24) is 4.90 Å². The fourth-order valence-corrected chi connectivity index (χ4v) is 3.62. The van der Waals surface area contributed by atoms with E-state index in [1.54, 1.807) is 7.11 Å². The molecule has 0 saturated heterocycles. The molecule has 154 valence electrons. The lowest BCUT2D eigenvalue weighted by molar-refractivity contribution is 0.0596. The van der Waals surface area contributed by atoms with Crippen LogP contribution < -0.4 is 4.74 Å². The third-order valence-corrected chi connectivity index (χ3v) is 5.29. The first-order chi connectivity index (χ1) is 13.9.